The van der Waals surface area contributed by atoms with Crippen molar-refractivity contribution in [3.05, 3.63) is 96.1 Å². The lowest BCUT2D eigenvalue weighted by Crippen LogP contribution is -2.46. The summed E-state index contributed by atoms with van der Waals surface area (Å²) < 4.78 is 128. The number of amides is 2. The number of phosphoric acid groups is 4. The number of hydrogen-bond acceptors (Lipinski definition) is 40. The van der Waals surface area contributed by atoms with E-state index in [-0.39, 0.29) is 117 Å². The minimum Gasteiger partial charge on any atom is -0.455 e. The van der Waals surface area contributed by atoms with Crippen LogP contribution in [0.5, 0.6) is 0 Å². The average molecular weight is 1810 g/mol. The van der Waals surface area contributed by atoms with Crippen molar-refractivity contribution in [2.24, 2.45) is 0 Å². The molecule has 0 saturated carbocycles. The summed E-state index contributed by atoms with van der Waals surface area (Å²) in [7, 11) is -20.2. The van der Waals surface area contributed by atoms with Crippen molar-refractivity contribution >= 4 is 101 Å². The molecule has 122 heavy (non-hydrogen) atoms. The van der Waals surface area contributed by atoms with Gasteiger partial charge in [-0.1, -0.05) is 27.0 Å². The Morgan fingerprint density at radius 3 is 1.40 bits per heavy atom. The number of carbonyl (C=O) groups is 4. The molecule has 6 aliphatic heterocycles. The number of rotatable bonds is 34. The van der Waals surface area contributed by atoms with Gasteiger partial charge in [0, 0.05) is 77.2 Å². The molecule has 17 N–H and O–H groups in total. The summed E-state index contributed by atoms with van der Waals surface area (Å²) in [6.07, 6.45) is -8.73. The van der Waals surface area contributed by atoms with Crippen LogP contribution in [0, 0.1) is 11.3 Å². The first kappa shape index (κ1) is 98.4. The topological polar surface area (TPSA) is 739 Å². The van der Waals surface area contributed by atoms with E-state index in [0.717, 1.165) is 15.5 Å². The molecular formula is C66H97N19O33P4. The number of phosphoric ester groups is 4. The summed E-state index contributed by atoms with van der Waals surface area (Å²) in [5.74, 6) is -2.02. The van der Waals surface area contributed by atoms with E-state index in [9.17, 15) is 81.9 Å². The van der Waals surface area contributed by atoms with E-state index in [1.54, 1.807) is 25.1 Å². The highest BCUT2D eigenvalue weighted by molar-refractivity contribution is 7.47. The number of aliphatic hydroxyl groups excluding tert-OH is 3. The lowest BCUT2D eigenvalue weighted by atomic mass is 10.1. The Morgan fingerprint density at radius 2 is 0.984 bits per heavy atom. The number of ether oxygens (including phenoxy) is 8. The number of aliphatic hydroxyl groups is 3. The Labute approximate surface area is 693 Å². The number of imidazole rings is 2. The van der Waals surface area contributed by atoms with E-state index < -0.39 is 185 Å². The van der Waals surface area contributed by atoms with Crippen LogP contribution in [0.2, 0.25) is 0 Å². The fourth-order valence-corrected chi connectivity index (χ4v) is 16.1. The van der Waals surface area contributed by atoms with Gasteiger partial charge in [-0.2, -0.15) is 15.2 Å². The standard InChI is InChI=1S/C31H43N9O16P2.C19H26N8O13P2.C14H20N2O4.2CH4/c1-3-5-6-22(41)39-11-16(50-4-2)9-17(39)30(43)55-26-20(54-29(25(26)42)40-15-36-24-27(33)34-14-35-28(24)40)13-52-58(48,49)56-18-10-23(38-8-7-21(32)37-31(38)44)53-19(18)12-51-57(45,46)47;20-11-1-2-26(19(30)25-11)12-3-8(9(38-12)4-36-41(31,32)33)40-42(34,35)37-5-10-14(28)15(29)18(39-10)27-7-24-13-16(21)22-6-23-17(13)27;1-3-5-6-13(17)16-10-11(19-4-2)9-12(16)14(18)20-8-7-15;;/h3,7-8,14-20,23,25-26,29,42H,1,4-6,9-13H2,2H3,(H,48,49)(H2,32,37,44)(H2,33,34,35)(H2,45,46,47);1-2,6-10,12,14-15,18,28-29H,3-5H2,(H,34,35)(H2,20,25,30)(H2,21,22,23)(H2,31,32,33);3,11-12H,1,4-6,8-10H2,2H3;2*1H4/t16-,17+,18+,19-,20-,23-,25-,26-,29-;8-,9+,10+,12+,14+,15+,18+;11-,12+;;/m101../s1. The number of nitriles is 1. The first-order valence-corrected chi connectivity index (χ1v) is 42.6. The summed E-state index contributed by atoms with van der Waals surface area (Å²) in [6, 6.07) is 2.54. The fourth-order valence-electron chi connectivity index (χ4n) is 13.5. The van der Waals surface area contributed by atoms with Crippen molar-refractivity contribution in [1.82, 2.24) is 67.9 Å². The van der Waals surface area contributed by atoms with E-state index in [1.165, 1.54) is 62.4 Å². The number of carbonyl (C=O) groups excluding carboxylic acids is 4. The zero-order valence-corrected chi connectivity index (χ0v) is 67.3. The van der Waals surface area contributed by atoms with Crippen LogP contribution in [-0.4, -0.2) is 281 Å². The van der Waals surface area contributed by atoms with Crippen LogP contribution in [0.25, 0.3) is 22.3 Å². The molecule has 0 aliphatic carbocycles. The highest BCUT2D eigenvalue weighted by Crippen LogP contribution is 2.52. The molecule has 12 rings (SSSR count). The van der Waals surface area contributed by atoms with Gasteiger partial charge in [0.2, 0.25) is 11.8 Å². The van der Waals surface area contributed by atoms with Gasteiger partial charge < -0.3 is 115 Å². The van der Waals surface area contributed by atoms with Gasteiger partial charge in [0.15, 0.2) is 48.1 Å². The molecule has 0 bridgehead atoms. The molecule has 674 valence electrons. The predicted octanol–water partition coefficient (Wildman–Crippen LogP) is -0.648. The fraction of sp³-hybridized carbons (Fsp3) is 0.591. The second-order valence-corrected chi connectivity index (χ2v) is 32.3. The number of nitrogens with two attached hydrogens (primary N) is 4. The maximum Gasteiger partial charge on any atom is 0.472 e. The largest absolute Gasteiger partial charge is 0.472 e. The molecule has 0 aromatic carbocycles. The number of likely N-dealkylation sites (tertiary alicyclic amines) is 2. The van der Waals surface area contributed by atoms with Crippen molar-refractivity contribution in [3.63, 3.8) is 0 Å². The maximum absolute atomic E-state index is 13.9. The summed E-state index contributed by atoms with van der Waals surface area (Å²) in [5.41, 5.74) is 21.8. The number of allylic oxidation sites excluding steroid dienone is 2. The molecule has 6 saturated heterocycles. The van der Waals surface area contributed by atoms with Crippen molar-refractivity contribution in [2.75, 3.05) is 82.3 Å². The quantitative estimate of drug-likeness (QED) is 0.0136. The van der Waals surface area contributed by atoms with E-state index in [2.05, 4.69) is 62.1 Å². The molecule has 52 nitrogen and oxygen atoms in total. The molecule has 12 heterocycles. The number of fused-ring (bicyclic) bond motifs is 2. The van der Waals surface area contributed by atoms with E-state index in [4.69, 9.17) is 94.0 Å². The Balaban J connectivity index is 0.000000252. The van der Waals surface area contributed by atoms with Gasteiger partial charge in [0.05, 0.1) is 51.3 Å². The summed E-state index contributed by atoms with van der Waals surface area (Å²) >= 11 is 0. The number of hydrogen-bond donors (Lipinski definition) is 13. The summed E-state index contributed by atoms with van der Waals surface area (Å²) in [6.45, 7) is 8.64. The van der Waals surface area contributed by atoms with Crippen LogP contribution >= 0.6 is 31.3 Å². The van der Waals surface area contributed by atoms with E-state index in [0.29, 0.717) is 45.4 Å². The van der Waals surface area contributed by atoms with Crippen molar-refractivity contribution in [2.45, 2.75) is 190 Å². The third-order valence-electron chi connectivity index (χ3n) is 19.0. The number of anilines is 4. The van der Waals surface area contributed by atoms with Crippen LogP contribution in [-0.2, 0) is 102 Å². The summed E-state index contributed by atoms with van der Waals surface area (Å²) in [4.78, 5) is 168. The third kappa shape index (κ3) is 25.2. The molecule has 6 aliphatic rings. The normalized spacial score (nSPS) is 27.3. The number of nitrogens with zero attached hydrogens (tertiary/aromatic N) is 15. The number of aromatic nitrogens is 12. The van der Waals surface area contributed by atoms with Crippen molar-refractivity contribution < 1.29 is 147 Å². The predicted molar refractivity (Wildman–Crippen MR) is 415 cm³/mol. The lowest BCUT2D eigenvalue weighted by molar-refractivity contribution is -0.164. The van der Waals surface area contributed by atoms with E-state index >= 15 is 0 Å². The molecule has 6 aromatic rings. The SMILES string of the molecule is C.C.C=CCCC(=O)N1C[C@H](OCC)C[C@H]1C(=O)OCC#N.C=CCCC(=O)N1C[C@H](OCC)C[C@H]1C(=O)O[C@H]1[C@@H](O)[C@H](n2cnc3c(N)ncnc32)O[C@@H]1COP(=O)(O)O[C@H]1C[C@H](n2ccc(N)nc2=O)O[C@@H]1COP(=O)(O)O.Nc1ccn([C@H]2C[C@H](OP(=O)(O)OC[C@H]3O[C@@H](n4cnc5c(N)ncnc54)[C@H](O)[C@@H]3O)[C@@H](COP(=O)(O)O)O2)c(=O)n1. The van der Waals surface area contributed by atoms with Gasteiger partial charge in [-0.3, -0.25) is 55.0 Å². The minimum atomic E-state index is -5.20. The van der Waals surface area contributed by atoms with Gasteiger partial charge in [-0.15, -0.1) is 13.2 Å². The van der Waals surface area contributed by atoms with E-state index in [1.807, 2.05) is 6.92 Å². The molecule has 6 aromatic heterocycles. The smallest absolute Gasteiger partial charge is 0.455 e. The van der Waals surface area contributed by atoms with Gasteiger partial charge in [0.1, 0.15) is 121 Å². The zero-order valence-electron chi connectivity index (χ0n) is 63.7. The molecule has 2 amide bonds. The number of esters is 2. The monoisotopic (exact) mass is 1810 g/mol. The molecular weight excluding hydrogens is 1710 g/mol. The third-order valence-corrected chi connectivity index (χ3v) is 22.0. The maximum atomic E-state index is 13.9. The highest BCUT2D eigenvalue weighted by atomic mass is 31.2. The van der Waals surface area contributed by atoms with Crippen molar-refractivity contribution in [1.29, 1.82) is 5.26 Å². The van der Waals surface area contributed by atoms with Crippen molar-refractivity contribution in [3.8, 4) is 6.07 Å². The van der Waals surface area contributed by atoms with Crippen LogP contribution in [0.1, 0.15) is 105 Å². The molecule has 20 atom stereocenters. The van der Waals surface area contributed by atoms with Gasteiger partial charge in [-0.25, -0.2) is 67.3 Å². The zero-order chi connectivity index (χ0) is 87.3. The number of nitrogen functional groups attached to an aromatic ring is 4. The Hall–Kier alpha value is -9.01. The van der Waals surface area contributed by atoms with Gasteiger partial charge in [-0.05, 0) is 38.8 Å². The van der Waals surface area contributed by atoms with Gasteiger partial charge in [0.25, 0.3) is 0 Å². The minimum absolute atomic E-state index is 0. The first-order valence-electron chi connectivity index (χ1n) is 36.5. The van der Waals surface area contributed by atoms with Crippen LogP contribution in [0.4, 0.5) is 23.3 Å². The second kappa shape index (κ2) is 43.1. The molecule has 6 fully saturated rings. The van der Waals surface area contributed by atoms with Crippen LogP contribution in [0.3, 0.4) is 0 Å². The average Bonchev–Trinajstić information content (AvgIpc) is 1.62. The first-order chi connectivity index (χ1) is 56.8. The summed E-state index contributed by atoms with van der Waals surface area (Å²) in [5, 5.41) is 41.2. The Kier molecular flexibility index (Phi) is 34.7. The van der Waals surface area contributed by atoms with Crippen LogP contribution in [0.15, 0.2) is 84.7 Å². The molecule has 0 spiro atoms. The molecule has 56 heteroatoms. The van der Waals surface area contributed by atoms with Gasteiger partial charge >= 0.3 is 54.6 Å². The Morgan fingerprint density at radius 1 is 0.566 bits per heavy atom. The molecule has 0 radical (unpaired) electrons. The van der Waals surface area contributed by atoms with Crippen LogP contribution < -0.4 is 34.3 Å². The lowest BCUT2D eigenvalue weighted by Gasteiger charge is -2.27. The molecule has 2 unspecified atom stereocenters. The highest BCUT2D eigenvalue weighted by Gasteiger charge is 2.53. The second-order valence-electron chi connectivity index (χ2n) is 27.0. The Bertz CT molecular complexity index is 5000.